The van der Waals surface area contributed by atoms with E-state index in [0.717, 1.165) is 0 Å². The Bertz CT molecular complexity index is 583. The van der Waals surface area contributed by atoms with Gasteiger partial charge in [-0.05, 0) is 50.5 Å². The van der Waals surface area contributed by atoms with E-state index >= 15 is 0 Å². The molecule has 2 rings (SSSR count). The molecule has 0 aliphatic rings. The first-order valence-electron chi connectivity index (χ1n) is 6.47. The molecule has 0 amide bonds. The SMILES string of the molecule is Cc1cccc(-c2c(C)c(C)cc(C)[n+]2C)c1C. The van der Waals surface area contributed by atoms with Gasteiger partial charge in [-0.25, -0.2) is 0 Å². The van der Waals surface area contributed by atoms with Gasteiger partial charge >= 0.3 is 0 Å². The Morgan fingerprint density at radius 3 is 2.17 bits per heavy atom. The minimum atomic E-state index is 1.30. The van der Waals surface area contributed by atoms with E-state index in [9.17, 15) is 0 Å². The number of hydrogen-bond donors (Lipinski definition) is 0. The lowest BCUT2D eigenvalue weighted by molar-refractivity contribution is -0.667. The Morgan fingerprint density at radius 2 is 1.50 bits per heavy atom. The average Bonchev–Trinajstić information content (AvgIpc) is 2.32. The molecule has 1 aromatic heterocycles. The Morgan fingerprint density at radius 1 is 0.833 bits per heavy atom. The molecule has 0 radical (unpaired) electrons. The summed E-state index contributed by atoms with van der Waals surface area (Å²) in [6, 6.07) is 8.80. The third-order valence-electron chi connectivity index (χ3n) is 4.10. The van der Waals surface area contributed by atoms with E-state index < -0.39 is 0 Å². The van der Waals surface area contributed by atoms with Gasteiger partial charge in [0.25, 0.3) is 0 Å². The van der Waals surface area contributed by atoms with E-state index in [0.29, 0.717) is 0 Å². The summed E-state index contributed by atoms with van der Waals surface area (Å²) >= 11 is 0. The van der Waals surface area contributed by atoms with Crippen LogP contribution in [-0.4, -0.2) is 0 Å². The van der Waals surface area contributed by atoms with Gasteiger partial charge in [-0.15, -0.1) is 0 Å². The van der Waals surface area contributed by atoms with E-state index in [1.54, 1.807) is 0 Å². The summed E-state index contributed by atoms with van der Waals surface area (Å²) in [6.45, 7) is 11.0. The zero-order valence-corrected chi connectivity index (χ0v) is 12.3. The van der Waals surface area contributed by atoms with Crippen LogP contribution in [0.1, 0.15) is 27.9 Å². The normalized spacial score (nSPS) is 10.8. The lowest BCUT2D eigenvalue weighted by Crippen LogP contribution is -2.36. The predicted octanol–water partition coefficient (Wildman–Crippen LogP) is 3.72. The van der Waals surface area contributed by atoms with Crippen molar-refractivity contribution in [1.82, 2.24) is 0 Å². The minimum Gasteiger partial charge on any atom is -0.198 e. The Labute approximate surface area is 110 Å². The smallest absolute Gasteiger partial charge is 0.198 e. The zero-order chi connectivity index (χ0) is 13.4. The fraction of sp³-hybridized carbons (Fsp3) is 0.353. The molecule has 0 bridgehead atoms. The monoisotopic (exact) mass is 240 g/mol. The third-order valence-corrected chi connectivity index (χ3v) is 4.10. The quantitative estimate of drug-likeness (QED) is 0.669. The van der Waals surface area contributed by atoms with Crippen LogP contribution in [0.3, 0.4) is 0 Å². The molecule has 1 heteroatoms. The summed E-state index contributed by atoms with van der Waals surface area (Å²) in [6.07, 6.45) is 0. The highest BCUT2D eigenvalue weighted by molar-refractivity contribution is 5.66. The highest BCUT2D eigenvalue weighted by atomic mass is 14.9. The molecule has 0 saturated carbocycles. The molecular weight excluding hydrogens is 218 g/mol. The van der Waals surface area contributed by atoms with Crippen LogP contribution in [0, 0.1) is 34.6 Å². The molecule has 0 saturated heterocycles. The van der Waals surface area contributed by atoms with Crippen molar-refractivity contribution in [2.45, 2.75) is 34.6 Å². The average molecular weight is 240 g/mol. The first-order chi connectivity index (χ1) is 8.43. The molecule has 1 nitrogen and oxygen atoms in total. The summed E-state index contributed by atoms with van der Waals surface area (Å²) < 4.78 is 2.30. The molecule has 18 heavy (non-hydrogen) atoms. The maximum Gasteiger partial charge on any atom is 0.215 e. The maximum atomic E-state index is 2.30. The van der Waals surface area contributed by atoms with Crippen LogP contribution in [0.2, 0.25) is 0 Å². The largest absolute Gasteiger partial charge is 0.215 e. The van der Waals surface area contributed by atoms with Crippen LogP contribution in [0.15, 0.2) is 24.3 Å². The second-order valence-electron chi connectivity index (χ2n) is 5.25. The van der Waals surface area contributed by atoms with E-state index in [2.05, 4.69) is 70.5 Å². The predicted molar refractivity (Wildman–Crippen MR) is 76.7 cm³/mol. The van der Waals surface area contributed by atoms with E-state index in [1.807, 2.05) is 0 Å². The summed E-state index contributed by atoms with van der Waals surface area (Å²) in [4.78, 5) is 0. The van der Waals surface area contributed by atoms with Gasteiger partial charge < -0.3 is 0 Å². The Kier molecular flexibility index (Phi) is 3.25. The Hall–Kier alpha value is -1.63. The first kappa shape index (κ1) is 12.8. The molecule has 0 aliphatic heterocycles. The number of benzene rings is 1. The standard InChI is InChI=1S/C17H22N/c1-11-8-7-9-16(14(11)4)17-15(5)12(2)10-13(3)18(17)6/h7-10H,1-6H3/q+1. The molecule has 0 unspecified atom stereocenters. The van der Waals surface area contributed by atoms with Gasteiger partial charge in [0.2, 0.25) is 5.69 Å². The zero-order valence-electron chi connectivity index (χ0n) is 12.3. The third kappa shape index (κ3) is 1.94. The molecule has 1 aromatic carbocycles. The number of hydrogen-bond acceptors (Lipinski definition) is 0. The van der Waals surface area contributed by atoms with Gasteiger partial charge in [0.05, 0.1) is 0 Å². The minimum absolute atomic E-state index is 1.30. The van der Waals surface area contributed by atoms with Crippen molar-refractivity contribution in [3.63, 3.8) is 0 Å². The number of aromatic nitrogens is 1. The summed E-state index contributed by atoms with van der Waals surface area (Å²) in [5.74, 6) is 0. The van der Waals surface area contributed by atoms with Gasteiger partial charge in [0, 0.05) is 24.1 Å². The van der Waals surface area contributed by atoms with Gasteiger partial charge in [0.15, 0.2) is 5.69 Å². The number of nitrogens with zero attached hydrogens (tertiary/aromatic N) is 1. The molecule has 94 valence electrons. The molecule has 0 spiro atoms. The van der Waals surface area contributed by atoms with E-state index in [1.165, 1.54) is 39.2 Å². The lowest BCUT2D eigenvalue weighted by atomic mass is 9.95. The number of pyridine rings is 1. The maximum absolute atomic E-state index is 2.30. The van der Waals surface area contributed by atoms with Crippen LogP contribution < -0.4 is 4.57 Å². The first-order valence-corrected chi connectivity index (χ1v) is 6.47. The highest BCUT2D eigenvalue weighted by Crippen LogP contribution is 2.27. The van der Waals surface area contributed by atoms with Crippen LogP contribution in [0.25, 0.3) is 11.3 Å². The van der Waals surface area contributed by atoms with Crippen molar-refractivity contribution < 1.29 is 4.57 Å². The van der Waals surface area contributed by atoms with Crippen LogP contribution in [-0.2, 0) is 7.05 Å². The molecule has 0 N–H and O–H groups in total. The molecule has 2 aromatic rings. The molecule has 0 aliphatic carbocycles. The van der Waals surface area contributed by atoms with Crippen molar-refractivity contribution in [3.8, 4) is 11.3 Å². The fourth-order valence-corrected chi connectivity index (χ4v) is 2.52. The van der Waals surface area contributed by atoms with Crippen molar-refractivity contribution in [2.24, 2.45) is 7.05 Å². The van der Waals surface area contributed by atoms with E-state index in [4.69, 9.17) is 0 Å². The van der Waals surface area contributed by atoms with Crippen molar-refractivity contribution in [1.29, 1.82) is 0 Å². The lowest BCUT2D eigenvalue weighted by Gasteiger charge is -2.12. The molecule has 0 fully saturated rings. The topological polar surface area (TPSA) is 3.88 Å². The van der Waals surface area contributed by atoms with Gasteiger partial charge in [0.1, 0.15) is 7.05 Å². The summed E-state index contributed by atoms with van der Waals surface area (Å²) in [5.41, 5.74) is 9.45. The van der Waals surface area contributed by atoms with Gasteiger partial charge in [-0.3, -0.25) is 0 Å². The second-order valence-corrected chi connectivity index (χ2v) is 5.25. The van der Waals surface area contributed by atoms with Gasteiger partial charge in [-0.1, -0.05) is 12.1 Å². The molecule has 1 heterocycles. The summed E-state index contributed by atoms with van der Waals surface area (Å²) in [7, 11) is 2.15. The van der Waals surface area contributed by atoms with E-state index in [-0.39, 0.29) is 0 Å². The van der Waals surface area contributed by atoms with Crippen molar-refractivity contribution in [3.05, 3.63) is 52.2 Å². The van der Waals surface area contributed by atoms with Crippen LogP contribution in [0.5, 0.6) is 0 Å². The highest BCUT2D eigenvalue weighted by Gasteiger charge is 2.19. The van der Waals surface area contributed by atoms with Gasteiger partial charge in [-0.2, -0.15) is 4.57 Å². The fourth-order valence-electron chi connectivity index (χ4n) is 2.52. The van der Waals surface area contributed by atoms with Crippen molar-refractivity contribution >= 4 is 0 Å². The second kappa shape index (κ2) is 4.56. The number of rotatable bonds is 1. The Balaban J connectivity index is 2.83. The molecular formula is C17H22N+. The number of aryl methyl sites for hydroxylation is 3. The van der Waals surface area contributed by atoms with Crippen molar-refractivity contribution in [2.75, 3.05) is 0 Å². The summed E-state index contributed by atoms with van der Waals surface area (Å²) in [5, 5.41) is 0. The molecule has 0 atom stereocenters. The van der Waals surface area contributed by atoms with Crippen LogP contribution in [0.4, 0.5) is 0 Å². The van der Waals surface area contributed by atoms with Crippen LogP contribution >= 0.6 is 0 Å².